The van der Waals surface area contributed by atoms with Gasteiger partial charge < -0.3 is 18.8 Å². The first kappa shape index (κ1) is 21.6. The summed E-state index contributed by atoms with van der Waals surface area (Å²) in [6.07, 6.45) is 2.62. The van der Waals surface area contributed by atoms with Crippen LogP contribution in [0.4, 0.5) is 4.39 Å². The number of hydrogen-bond acceptors (Lipinski definition) is 5. The molecule has 0 spiro atoms. The van der Waals surface area contributed by atoms with Gasteiger partial charge in [-0.25, -0.2) is 9.18 Å². The summed E-state index contributed by atoms with van der Waals surface area (Å²) in [4.78, 5) is 12.6. The summed E-state index contributed by atoms with van der Waals surface area (Å²) >= 11 is 0. The van der Waals surface area contributed by atoms with Crippen LogP contribution in [0, 0.1) is 23.1 Å². The quantitative estimate of drug-likeness (QED) is 0.529. The van der Waals surface area contributed by atoms with E-state index < -0.39 is 24.5 Å². The van der Waals surface area contributed by atoms with Gasteiger partial charge in [0.05, 0.1) is 18.8 Å². The molecule has 7 heteroatoms. The summed E-state index contributed by atoms with van der Waals surface area (Å²) in [5.74, 6) is -0.0918. The first-order chi connectivity index (χ1) is 13.9. The second-order valence-electron chi connectivity index (χ2n) is 10.7. The largest absolute Gasteiger partial charge is 0.495 e. The van der Waals surface area contributed by atoms with E-state index in [1.807, 2.05) is 0 Å². The summed E-state index contributed by atoms with van der Waals surface area (Å²) in [6.45, 7) is 12.0. The second kappa shape index (κ2) is 6.96. The van der Waals surface area contributed by atoms with Crippen LogP contribution in [0.1, 0.15) is 70.3 Å². The molecular weight excluding hydrogens is 386 g/mol. The fraction of sp³-hybridized carbons (Fsp3) is 0.696. The monoisotopic (exact) mass is 418 g/mol. The summed E-state index contributed by atoms with van der Waals surface area (Å²) in [7, 11) is 0.974. The maximum absolute atomic E-state index is 14.6. The summed E-state index contributed by atoms with van der Waals surface area (Å²) in [5.41, 5.74) is -0.306. The Morgan fingerprint density at radius 3 is 2.57 bits per heavy atom. The van der Waals surface area contributed by atoms with Crippen LogP contribution >= 0.6 is 0 Å². The van der Waals surface area contributed by atoms with Gasteiger partial charge >= 0.3 is 13.1 Å². The van der Waals surface area contributed by atoms with Crippen LogP contribution in [0.2, 0.25) is 0 Å². The molecule has 1 aromatic carbocycles. The molecule has 4 fully saturated rings. The van der Waals surface area contributed by atoms with Crippen LogP contribution in [-0.4, -0.2) is 37.5 Å². The molecule has 2 bridgehead atoms. The van der Waals surface area contributed by atoms with E-state index in [0.29, 0.717) is 23.7 Å². The van der Waals surface area contributed by atoms with Gasteiger partial charge in [0, 0.05) is 6.32 Å². The first-order valence-corrected chi connectivity index (χ1v) is 10.8. The lowest BCUT2D eigenvalue weighted by atomic mass is 9.43. The van der Waals surface area contributed by atoms with Gasteiger partial charge in [0.25, 0.3) is 0 Å². The third-order valence-electron chi connectivity index (χ3n) is 7.38. The van der Waals surface area contributed by atoms with Crippen LogP contribution in [0.3, 0.4) is 0 Å². The average molecular weight is 418 g/mol. The third-order valence-corrected chi connectivity index (χ3v) is 7.38. The summed E-state index contributed by atoms with van der Waals surface area (Å²) < 4.78 is 38.2. The number of carbonyl (C=O) groups excluding carboxylic acids is 1. The van der Waals surface area contributed by atoms with E-state index in [2.05, 4.69) is 20.8 Å². The summed E-state index contributed by atoms with van der Waals surface area (Å²) in [5, 5.41) is 0. The van der Waals surface area contributed by atoms with Gasteiger partial charge in [-0.2, -0.15) is 0 Å². The van der Waals surface area contributed by atoms with Crippen molar-refractivity contribution in [2.75, 3.05) is 7.11 Å². The van der Waals surface area contributed by atoms with Crippen LogP contribution in [0.15, 0.2) is 12.1 Å². The highest BCUT2D eigenvalue weighted by molar-refractivity contribution is 6.45. The minimum atomic E-state index is -0.741. The number of hydrogen-bond donors (Lipinski definition) is 0. The molecule has 0 radical (unpaired) electrons. The standard InChI is InChI=1S/C23H32BFO5/c1-21(2,3)28-20(26)18-15(25)9-8-13(19(18)27-7)12-24-29-17-11-14-10-16(22(14,4)5)23(17,6)30-24/h8-9,14,16-17H,10-12H2,1-7H3. The molecule has 4 atom stereocenters. The molecule has 4 unspecified atom stereocenters. The van der Waals surface area contributed by atoms with Gasteiger partial charge in [-0.15, -0.1) is 0 Å². The maximum atomic E-state index is 14.6. The van der Waals surface area contributed by atoms with Crippen molar-refractivity contribution < 1.29 is 28.0 Å². The zero-order valence-electron chi connectivity index (χ0n) is 19.0. The molecule has 3 saturated carbocycles. The molecule has 1 aromatic rings. The normalized spacial score (nSPS) is 31.7. The molecule has 3 aliphatic carbocycles. The Balaban J connectivity index is 1.57. The Bertz CT molecular complexity index is 864. The van der Waals surface area contributed by atoms with Crippen LogP contribution in [0.5, 0.6) is 5.75 Å². The molecular formula is C23H32BFO5. The zero-order chi connectivity index (χ0) is 22.1. The van der Waals surface area contributed by atoms with Gasteiger partial charge in [-0.3, -0.25) is 0 Å². The van der Waals surface area contributed by atoms with Crippen molar-refractivity contribution >= 4 is 13.1 Å². The topological polar surface area (TPSA) is 54.0 Å². The van der Waals surface area contributed by atoms with E-state index in [4.69, 9.17) is 18.8 Å². The minimum absolute atomic E-state index is 0.0658. The highest BCUT2D eigenvalue weighted by Gasteiger charge is 2.67. The molecule has 1 saturated heterocycles. The van der Waals surface area contributed by atoms with E-state index in [1.165, 1.54) is 19.6 Å². The molecule has 1 aliphatic heterocycles. The predicted molar refractivity (Wildman–Crippen MR) is 112 cm³/mol. The Kier molecular flexibility index (Phi) is 5.02. The Hall–Kier alpha value is -1.60. The van der Waals surface area contributed by atoms with E-state index in [-0.39, 0.29) is 28.4 Å². The smallest absolute Gasteiger partial charge is 0.462 e. The molecule has 5 nitrogen and oxygen atoms in total. The number of carbonyl (C=O) groups is 1. The highest BCUT2D eigenvalue weighted by Crippen LogP contribution is 2.65. The highest BCUT2D eigenvalue weighted by atomic mass is 19.1. The van der Waals surface area contributed by atoms with Crippen LogP contribution in [-0.2, 0) is 20.4 Å². The number of ether oxygens (including phenoxy) is 2. The number of esters is 1. The Labute approximate surface area is 178 Å². The van der Waals surface area contributed by atoms with E-state index >= 15 is 0 Å². The molecule has 5 rings (SSSR count). The van der Waals surface area contributed by atoms with Gasteiger partial charge in [-0.05, 0) is 69.4 Å². The fourth-order valence-electron chi connectivity index (χ4n) is 5.73. The second-order valence-corrected chi connectivity index (χ2v) is 10.7. The summed E-state index contributed by atoms with van der Waals surface area (Å²) in [6, 6.07) is 2.91. The van der Waals surface area contributed by atoms with E-state index in [0.717, 1.165) is 6.42 Å². The Morgan fingerprint density at radius 1 is 1.27 bits per heavy atom. The van der Waals surface area contributed by atoms with Crippen molar-refractivity contribution in [3.05, 3.63) is 29.1 Å². The number of halogens is 1. The average Bonchev–Trinajstić information content (AvgIpc) is 2.96. The maximum Gasteiger partial charge on any atom is 0.462 e. The zero-order valence-corrected chi connectivity index (χ0v) is 19.0. The van der Waals surface area contributed by atoms with Gasteiger partial charge in [0.2, 0.25) is 0 Å². The molecule has 164 valence electrons. The van der Waals surface area contributed by atoms with E-state index in [1.54, 1.807) is 26.8 Å². The molecule has 4 aliphatic rings. The van der Waals surface area contributed by atoms with Crippen molar-refractivity contribution in [3.63, 3.8) is 0 Å². The molecule has 0 aromatic heterocycles. The molecule has 1 heterocycles. The van der Waals surface area contributed by atoms with Crippen molar-refractivity contribution in [1.82, 2.24) is 0 Å². The number of benzene rings is 1. The lowest BCUT2D eigenvalue weighted by Gasteiger charge is -2.64. The SMILES string of the molecule is COc1c(CB2OC3CC4CC(C4(C)C)C3(C)O2)ccc(F)c1C(=O)OC(C)(C)C. The van der Waals surface area contributed by atoms with Crippen molar-refractivity contribution in [1.29, 1.82) is 0 Å². The molecule has 0 N–H and O–H groups in total. The van der Waals surface area contributed by atoms with E-state index in [9.17, 15) is 9.18 Å². The lowest BCUT2D eigenvalue weighted by molar-refractivity contribution is -0.199. The molecule has 30 heavy (non-hydrogen) atoms. The van der Waals surface area contributed by atoms with Crippen molar-refractivity contribution in [3.8, 4) is 5.75 Å². The van der Waals surface area contributed by atoms with Gasteiger partial charge in [-0.1, -0.05) is 19.9 Å². The first-order valence-electron chi connectivity index (χ1n) is 10.8. The number of rotatable bonds is 4. The van der Waals surface area contributed by atoms with Crippen LogP contribution < -0.4 is 4.74 Å². The van der Waals surface area contributed by atoms with Gasteiger partial charge in [0.1, 0.15) is 22.7 Å². The van der Waals surface area contributed by atoms with Crippen molar-refractivity contribution in [2.24, 2.45) is 17.3 Å². The minimum Gasteiger partial charge on any atom is -0.495 e. The molecule has 0 amide bonds. The fourth-order valence-corrected chi connectivity index (χ4v) is 5.73. The lowest BCUT2D eigenvalue weighted by Crippen LogP contribution is -2.65. The predicted octanol–water partition coefficient (Wildman–Crippen LogP) is 4.60. The van der Waals surface area contributed by atoms with Crippen LogP contribution in [0.25, 0.3) is 0 Å². The van der Waals surface area contributed by atoms with Crippen molar-refractivity contribution in [2.45, 2.75) is 78.0 Å². The third kappa shape index (κ3) is 3.34. The van der Waals surface area contributed by atoms with Gasteiger partial charge in [0.15, 0.2) is 0 Å². The number of methoxy groups -OCH3 is 1. The Morgan fingerprint density at radius 2 is 1.97 bits per heavy atom.